The lowest BCUT2D eigenvalue weighted by atomic mass is 9.85. The molecular formula is C49H45ClF2N6O10S2. The van der Waals surface area contributed by atoms with Crippen LogP contribution in [0.25, 0.3) is 32.3 Å². The predicted octanol–water partition coefficient (Wildman–Crippen LogP) is 8.74. The van der Waals surface area contributed by atoms with Crippen molar-refractivity contribution >= 4 is 103 Å². The second-order valence-corrected chi connectivity index (χ2v) is 21.3. The summed E-state index contributed by atoms with van der Waals surface area (Å²) in [4.78, 5) is 69.6. The third-order valence-corrected chi connectivity index (χ3v) is 17.0. The SMILES string of the molecule is CC1(C)CC(Nc2cccc(-c3sc(C(=O)O)c(OCC(=O)O)c3Cl)c2)CCN1S(=O)C(F)(F)c1ccc2oc(N3CCC(c4ccc5c6c(cccc46)C(=O)N5C4CCC(=O)NC4=O)CC3)nc2c1. The predicted molar refractivity (Wildman–Crippen MR) is 259 cm³/mol. The number of alkyl halides is 2. The number of carboxylic acids is 2. The average Bonchev–Trinajstić information content (AvgIpc) is 4.00. The molecule has 0 spiro atoms. The Balaban J connectivity index is 0.791. The summed E-state index contributed by atoms with van der Waals surface area (Å²) in [7, 11) is -2.78. The van der Waals surface area contributed by atoms with Crippen LogP contribution in [0.3, 0.4) is 0 Å². The van der Waals surface area contributed by atoms with E-state index >= 15 is 8.78 Å². The first-order valence-corrected chi connectivity index (χ1v) is 24.9. The second-order valence-electron chi connectivity index (χ2n) is 18.5. The van der Waals surface area contributed by atoms with Gasteiger partial charge < -0.3 is 29.6 Å². The fraction of sp³-hybridized carbons (Fsp3) is 0.347. The van der Waals surface area contributed by atoms with Crippen LogP contribution in [0.2, 0.25) is 5.02 Å². The number of carboxylic acid groups (broad SMARTS) is 2. The van der Waals surface area contributed by atoms with Crippen molar-refractivity contribution in [1.82, 2.24) is 14.6 Å². The van der Waals surface area contributed by atoms with Gasteiger partial charge in [0.05, 0.1) is 10.6 Å². The summed E-state index contributed by atoms with van der Waals surface area (Å²) >= 11 is 7.36. The number of thiophene rings is 1. The molecule has 3 saturated heterocycles. The molecule has 16 nitrogen and oxygen atoms in total. The van der Waals surface area contributed by atoms with E-state index in [2.05, 4.69) is 15.6 Å². The molecule has 364 valence electrons. The molecular weight excluding hydrogens is 970 g/mol. The summed E-state index contributed by atoms with van der Waals surface area (Å²) < 4.78 is 59.4. The Bertz CT molecular complexity index is 3190. The summed E-state index contributed by atoms with van der Waals surface area (Å²) in [6.07, 6.45) is 2.56. The zero-order chi connectivity index (χ0) is 49.4. The minimum atomic E-state index is -3.78. The highest BCUT2D eigenvalue weighted by atomic mass is 35.5. The number of nitrogens with one attached hydrogen (secondary N) is 2. The van der Waals surface area contributed by atoms with Gasteiger partial charge in [0, 0.05) is 59.8 Å². The third-order valence-electron chi connectivity index (χ3n) is 13.6. The molecule has 0 aliphatic carbocycles. The molecule has 21 heteroatoms. The number of amides is 3. The fourth-order valence-corrected chi connectivity index (χ4v) is 13.1. The highest BCUT2D eigenvalue weighted by molar-refractivity contribution is 7.83. The highest BCUT2D eigenvalue weighted by Crippen LogP contribution is 2.48. The van der Waals surface area contributed by atoms with Gasteiger partial charge in [0.25, 0.3) is 11.9 Å². The Morgan fingerprint density at radius 2 is 1.79 bits per heavy atom. The number of nitrogens with zero attached hydrogens (tertiary/aromatic N) is 4. The molecule has 0 bridgehead atoms. The maximum atomic E-state index is 16.4. The maximum absolute atomic E-state index is 16.4. The van der Waals surface area contributed by atoms with Crippen molar-refractivity contribution in [2.45, 2.75) is 81.2 Å². The smallest absolute Gasteiger partial charge is 0.359 e. The van der Waals surface area contributed by atoms with E-state index in [1.807, 2.05) is 29.2 Å². The van der Waals surface area contributed by atoms with Gasteiger partial charge in [-0.25, -0.2) is 18.1 Å². The summed E-state index contributed by atoms with van der Waals surface area (Å²) in [5.74, 6) is -3.82. The minimum Gasteiger partial charge on any atom is -0.479 e. The van der Waals surface area contributed by atoms with Crippen molar-refractivity contribution in [2.75, 3.05) is 41.4 Å². The van der Waals surface area contributed by atoms with Gasteiger partial charge in [0.15, 0.2) is 33.8 Å². The molecule has 6 heterocycles. The standard InChI is InChI=1S/C49H45ClF2N6O10S2/c1-48(2)23-29(53-28-6-3-5-26(21-28)42-40(50)41(67-24-38(60)61)43(69-42)46(64)65)17-20-57(48)70(66)49(51,52)27-9-13-36-33(22-27)54-47(68-36)56-18-15-25(16-19-56)30-10-11-34-39-31(30)7-4-8-32(39)45(63)58(34)35-12-14-37(59)55-44(35)62/h3-11,13,21-22,25,29,35,53H,12,14-20,23-24H2,1-2H3,(H,60,61)(H,64,65)(H,55,59,62). The van der Waals surface area contributed by atoms with Crippen LogP contribution in [0.5, 0.6) is 5.75 Å². The van der Waals surface area contributed by atoms with Crippen LogP contribution in [0.1, 0.15) is 89.4 Å². The molecule has 4 aliphatic rings. The van der Waals surface area contributed by atoms with Gasteiger partial charge in [-0.15, -0.1) is 11.3 Å². The minimum absolute atomic E-state index is 0.0326. The van der Waals surface area contributed by atoms with Crippen LogP contribution in [-0.2, 0) is 30.6 Å². The van der Waals surface area contributed by atoms with Gasteiger partial charge in [-0.2, -0.15) is 13.8 Å². The molecule has 4 aromatic carbocycles. The first kappa shape index (κ1) is 47.2. The lowest BCUT2D eigenvalue weighted by Gasteiger charge is -2.45. The van der Waals surface area contributed by atoms with Crippen molar-refractivity contribution < 1.29 is 56.3 Å². The quantitative estimate of drug-likeness (QED) is 0.0798. The summed E-state index contributed by atoms with van der Waals surface area (Å²) in [5, 5.41) is 22.5. The number of rotatable bonds is 13. The Labute approximate surface area is 410 Å². The zero-order valence-electron chi connectivity index (χ0n) is 37.6. The van der Waals surface area contributed by atoms with Crippen molar-refractivity contribution in [3.63, 3.8) is 0 Å². The molecule has 70 heavy (non-hydrogen) atoms. The number of hydrogen-bond donors (Lipinski definition) is 4. The number of halogens is 3. The molecule has 4 aliphatic heterocycles. The van der Waals surface area contributed by atoms with Crippen LogP contribution in [-0.4, -0.2) is 97.2 Å². The van der Waals surface area contributed by atoms with Crippen LogP contribution < -0.4 is 25.2 Å². The number of aromatic carboxylic acids is 1. The lowest BCUT2D eigenvalue weighted by molar-refractivity contribution is -0.139. The number of aliphatic carboxylic acids is 1. The lowest BCUT2D eigenvalue weighted by Crippen LogP contribution is -2.55. The number of fused-ring (bicyclic) bond motifs is 1. The topological polar surface area (TPSA) is 212 Å². The van der Waals surface area contributed by atoms with E-state index < -0.39 is 57.8 Å². The molecule has 4 N–H and O–H groups in total. The third kappa shape index (κ3) is 8.43. The van der Waals surface area contributed by atoms with E-state index in [1.165, 1.54) is 27.4 Å². The molecule has 0 radical (unpaired) electrons. The summed E-state index contributed by atoms with van der Waals surface area (Å²) in [6.45, 7) is 3.96. The molecule has 10 rings (SSSR count). The van der Waals surface area contributed by atoms with Crippen molar-refractivity contribution in [2.24, 2.45) is 0 Å². The largest absolute Gasteiger partial charge is 0.479 e. The summed E-state index contributed by atoms with van der Waals surface area (Å²) in [6, 6.07) is 19.7. The molecule has 2 aromatic heterocycles. The van der Waals surface area contributed by atoms with Gasteiger partial charge in [0.1, 0.15) is 16.6 Å². The van der Waals surface area contributed by atoms with E-state index in [1.54, 1.807) is 44.2 Å². The Hall–Kier alpha value is -6.48. The van der Waals surface area contributed by atoms with Crippen LogP contribution in [0.4, 0.5) is 26.2 Å². The molecule has 3 unspecified atom stereocenters. The van der Waals surface area contributed by atoms with E-state index in [0.29, 0.717) is 77.7 Å². The van der Waals surface area contributed by atoms with Gasteiger partial charge in [0.2, 0.25) is 11.8 Å². The first-order valence-electron chi connectivity index (χ1n) is 22.6. The van der Waals surface area contributed by atoms with Gasteiger partial charge in [-0.1, -0.05) is 41.9 Å². The number of carbonyl (C=O) groups excluding carboxylic acids is 3. The molecule has 3 atom stereocenters. The molecule has 3 fully saturated rings. The van der Waals surface area contributed by atoms with Gasteiger partial charge >= 0.3 is 17.2 Å². The summed E-state index contributed by atoms with van der Waals surface area (Å²) in [5.41, 5.74) is 2.57. The Morgan fingerprint density at radius 3 is 2.51 bits per heavy atom. The number of imide groups is 1. The van der Waals surface area contributed by atoms with Crippen LogP contribution >= 0.6 is 22.9 Å². The Kier molecular flexibility index (Phi) is 12.2. The number of oxazole rings is 1. The number of hydrogen-bond acceptors (Lipinski definition) is 12. The van der Waals surface area contributed by atoms with E-state index in [4.69, 9.17) is 25.9 Å². The number of ether oxygens (including phenoxy) is 1. The van der Waals surface area contributed by atoms with Crippen molar-refractivity contribution in [1.29, 1.82) is 0 Å². The molecule has 0 saturated carbocycles. The number of aromatic nitrogens is 1. The molecule has 3 amide bonds. The number of piperidine rings is 3. The molecule has 6 aromatic rings. The van der Waals surface area contributed by atoms with Crippen molar-refractivity contribution in [3.8, 4) is 16.2 Å². The average molecular weight is 1020 g/mol. The monoisotopic (exact) mass is 1010 g/mol. The van der Waals surface area contributed by atoms with Gasteiger partial charge in [-0.05, 0) is 111 Å². The van der Waals surface area contributed by atoms with E-state index in [-0.39, 0.29) is 64.3 Å². The zero-order valence-corrected chi connectivity index (χ0v) is 40.0. The maximum Gasteiger partial charge on any atom is 0.359 e. The number of anilines is 3. The van der Waals surface area contributed by atoms with Crippen LogP contribution in [0.15, 0.2) is 77.2 Å². The number of benzene rings is 4. The van der Waals surface area contributed by atoms with Crippen LogP contribution in [0, 0.1) is 0 Å². The number of carbonyl (C=O) groups is 5. The fourth-order valence-electron chi connectivity index (χ4n) is 10.3. The van der Waals surface area contributed by atoms with Gasteiger partial charge in [-0.3, -0.25) is 24.6 Å². The first-order chi connectivity index (χ1) is 33.4. The van der Waals surface area contributed by atoms with E-state index in [0.717, 1.165) is 27.7 Å². The Morgan fingerprint density at radius 1 is 1.01 bits per heavy atom. The van der Waals surface area contributed by atoms with E-state index in [9.17, 15) is 33.3 Å². The highest BCUT2D eigenvalue weighted by Gasteiger charge is 2.49. The second kappa shape index (κ2) is 18.0. The van der Waals surface area contributed by atoms with Crippen molar-refractivity contribution in [3.05, 3.63) is 99.4 Å². The normalized spacial score (nSPS) is 20.3.